The lowest BCUT2D eigenvalue weighted by molar-refractivity contribution is -0.133. The van der Waals surface area contributed by atoms with Crippen molar-refractivity contribution in [3.8, 4) is 0 Å². The molecule has 0 radical (unpaired) electrons. The van der Waals surface area contributed by atoms with Crippen LogP contribution in [0.4, 0.5) is 17.3 Å². The number of anilines is 3. The first-order chi connectivity index (χ1) is 20.0. The SMILES string of the molecule is NC(=O)c1ncc(N2CCCC3C2CCN3C(=O)C2CC2)nc1Nc1ccc(C2CCN(C3CCCC3)CC2)cc1. The molecule has 3 aliphatic heterocycles. The van der Waals surface area contributed by atoms with E-state index < -0.39 is 5.91 Å². The minimum Gasteiger partial charge on any atom is -0.364 e. The Morgan fingerprint density at radius 3 is 2.29 bits per heavy atom. The van der Waals surface area contributed by atoms with Gasteiger partial charge >= 0.3 is 0 Å². The summed E-state index contributed by atoms with van der Waals surface area (Å²) in [7, 11) is 0. The number of piperidine rings is 2. The summed E-state index contributed by atoms with van der Waals surface area (Å²) in [5.74, 6) is 1.69. The molecule has 0 spiro atoms. The van der Waals surface area contributed by atoms with Crippen LogP contribution in [0.1, 0.15) is 92.6 Å². The molecule has 41 heavy (non-hydrogen) atoms. The molecule has 5 fully saturated rings. The summed E-state index contributed by atoms with van der Waals surface area (Å²) in [6, 6.07) is 9.83. The molecule has 218 valence electrons. The number of amides is 2. The highest BCUT2D eigenvalue weighted by atomic mass is 16.2. The van der Waals surface area contributed by atoms with E-state index in [1.807, 2.05) is 0 Å². The molecule has 2 atom stereocenters. The monoisotopic (exact) mass is 557 g/mol. The van der Waals surface area contributed by atoms with Gasteiger partial charge in [-0.25, -0.2) is 9.97 Å². The van der Waals surface area contributed by atoms with E-state index in [0.29, 0.717) is 17.6 Å². The summed E-state index contributed by atoms with van der Waals surface area (Å²) in [5.41, 5.74) is 8.09. The molecule has 2 aromatic rings. The number of carbonyl (C=O) groups is 2. The Hall–Kier alpha value is -3.20. The number of fused-ring (bicyclic) bond motifs is 1. The van der Waals surface area contributed by atoms with E-state index >= 15 is 0 Å². The lowest BCUT2D eigenvalue weighted by atomic mass is 9.88. The summed E-state index contributed by atoms with van der Waals surface area (Å²) >= 11 is 0. The van der Waals surface area contributed by atoms with Crippen LogP contribution in [0.2, 0.25) is 0 Å². The first-order valence-electron chi connectivity index (χ1n) is 15.9. The van der Waals surface area contributed by atoms with E-state index in [4.69, 9.17) is 10.7 Å². The van der Waals surface area contributed by atoms with Gasteiger partial charge in [-0.3, -0.25) is 9.59 Å². The van der Waals surface area contributed by atoms with Crippen LogP contribution < -0.4 is 16.0 Å². The molecule has 2 aliphatic carbocycles. The van der Waals surface area contributed by atoms with Gasteiger partial charge in [0.05, 0.1) is 18.3 Å². The molecule has 2 amide bonds. The van der Waals surface area contributed by atoms with E-state index in [1.54, 1.807) is 6.20 Å². The van der Waals surface area contributed by atoms with E-state index in [1.165, 1.54) is 57.2 Å². The molecule has 4 heterocycles. The standard InChI is InChI=1S/C32H43N7O2/c33-30(40)29-31(35-24-11-9-21(10-12-24)22-13-17-37(18-14-22)25-4-1-2-5-25)36-28(20-34-29)38-16-3-6-26-27(38)15-19-39(26)32(41)23-7-8-23/h9-12,20,22-23,25-27H,1-8,13-19H2,(H2,33,40)(H,35,36). The number of hydrogen-bond acceptors (Lipinski definition) is 7. The van der Waals surface area contributed by atoms with E-state index in [9.17, 15) is 9.59 Å². The molecule has 7 rings (SSSR count). The third kappa shape index (κ3) is 5.41. The Morgan fingerprint density at radius 1 is 0.829 bits per heavy atom. The van der Waals surface area contributed by atoms with Gasteiger partial charge in [0.2, 0.25) is 5.91 Å². The van der Waals surface area contributed by atoms with Crippen molar-refractivity contribution in [1.82, 2.24) is 19.8 Å². The fourth-order valence-electron chi connectivity index (χ4n) is 7.94. The molecule has 1 aromatic carbocycles. The number of nitrogens with one attached hydrogen (secondary N) is 1. The first-order valence-corrected chi connectivity index (χ1v) is 15.9. The number of rotatable bonds is 7. The molecule has 3 saturated heterocycles. The van der Waals surface area contributed by atoms with Gasteiger partial charge in [0.1, 0.15) is 5.82 Å². The van der Waals surface area contributed by atoms with Gasteiger partial charge in [-0.15, -0.1) is 0 Å². The summed E-state index contributed by atoms with van der Waals surface area (Å²) in [6.07, 6.45) is 14.7. The van der Waals surface area contributed by atoms with Crippen LogP contribution in [-0.2, 0) is 4.79 Å². The molecule has 2 saturated carbocycles. The zero-order chi connectivity index (χ0) is 27.9. The van der Waals surface area contributed by atoms with Crippen LogP contribution in [0.25, 0.3) is 0 Å². The van der Waals surface area contributed by atoms with Gasteiger partial charge in [0.25, 0.3) is 5.91 Å². The van der Waals surface area contributed by atoms with Crippen LogP contribution in [0.3, 0.4) is 0 Å². The van der Waals surface area contributed by atoms with Gasteiger partial charge in [-0.2, -0.15) is 0 Å². The Bertz CT molecular complexity index is 1270. The Labute approximate surface area is 242 Å². The summed E-state index contributed by atoms with van der Waals surface area (Å²) in [6.45, 7) is 4.07. The van der Waals surface area contributed by atoms with Gasteiger partial charge in [-0.1, -0.05) is 25.0 Å². The molecular formula is C32H43N7O2. The predicted octanol–water partition coefficient (Wildman–Crippen LogP) is 4.42. The number of nitrogens with zero attached hydrogens (tertiary/aromatic N) is 5. The van der Waals surface area contributed by atoms with Crippen molar-refractivity contribution >= 4 is 29.1 Å². The minimum atomic E-state index is -0.601. The lowest BCUT2D eigenvalue weighted by Crippen LogP contribution is -2.51. The number of primary amides is 1. The predicted molar refractivity (Wildman–Crippen MR) is 159 cm³/mol. The zero-order valence-electron chi connectivity index (χ0n) is 24.0. The second-order valence-electron chi connectivity index (χ2n) is 12.9. The van der Waals surface area contributed by atoms with Crippen LogP contribution in [-0.4, -0.2) is 75.9 Å². The number of nitrogens with two attached hydrogens (primary N) is 1. The molecule has 1 aromatic heterocycles. The maximum Gasteiger partial charge on any atom is 0.271 e. The Morgan fingerprint density at radius 2 is 1.59 bits per heavy atom. The van der Waals surface area contributed by atoms with Gasteiger partial charge in [-0.05, 0) is 94.5 Å². The molecular weight excluding hydrogens is 514 g/mol. The lowest BCUT2D eigenvalue weighted by Gasteiger charge is -2.40. The number of likely N-dealkylation sites (tertiary alicyclic amines) is 2. The highest BCUT2D eigenvalue weighted by molar-refractivity contribution is 5.96. The first kappa shape index (κ1) is 26.7. The van der Waals surface area contributed by atoms with Crippen LogP contribution in [0.15, 0.2) is 30.5 Å². The van der Waals surface area contributed by atoms with Gasteiger partial charge in [0, 0.05) is 30.7 Å². The molecule has 9 nitrogen and oxygen atoms in total. The number of aromatic nitrogens is 2. The van der Waals surface area contributed by atoms with Crippen LogP contribution >= 0.6 is 0 Å². The normalized spacial score (nSPS) is 25.9. The zero-order valence-corrected chi connectivity index (χ0v) is 24.0. The Kier molecular flexibility index (Phi) is 7.31. The number of hydrogen-bond donors (Lipinski definition) is 2. The second-order valence-corrected chi connectivity index (χ2v) is 12.9. The summed E-state index contributed by atoms with van der Waals surface area (Å²) in [4.78, 5) is 41.6. The molecule has 2 unspecified atom stereocenters. The quantitative estimate of drug-likeness (QED) is 0.519. The fourth-order valence-corrected chi connectivity index (χ4v) is 7.94. The average Bonchev–Trinajstić information content (AvgIpc) is 3.52. The van der Waals surface area contributed by atoms with Gasteiger partial charge in [0.15, 0.2) is 11.5 Å². The third-order valence-corrected chi connectivity index (χ3v) is 10.3. The van der Waals surface area contributed by atoms with Crippen molar-refractivity contribution in [2.24, 2.45) is 11.7 Å². The molecule has 3 N–H and O–H groups in total. The highest BCUT2D eigenvalue weighted by Gasteiger charge is 2.46. The van der Waals surface area contributed by atoms with Crippen LogP contribution in [0.5, 0.6) is 0 Å². The van der Waals surface area contributed by atoms with Crippen molar-refractivity contribution in [3.63, 3.8) is 0 Å². The fraction of sp³-hybridized carbons (Fsp3) is 0.625. The topological polar surface area (TPSA) is 108 Å². The Balaban J connectivity index is 1.04. The molecule has 9 heteroatoms. The van der Waals surface area contributed by atoms with Crippen molar-refractivity contribution in [1.29, 1.82) is 0 Å². The van der Waals surface area contributed by atoms with Crippen molar-refractivity contribution < 1.29 is 9.59 Å². The summed E-state index contributed by atoms with van der Waals surface area (Å²) in [5, 5.41) is 3.34. The second kappa shape index (κ2) is 11.2. The summed E-state index contributed by atoms with van der Waals surface area (Å²) < 4.78 is 0. The number of benzene rings is 1. The van der Waals surface area contributed by atoms with Crippen molar-refractivity contribution in [3.05, 3.63) is 41.7 Å². The smallest absolute Gasteiger partial charge is 0.271 e. The number of carbonyl (C=O) groups excluding carboxylic acids is 2. The minimum absolute atomic E-state index is 0.141. The highest BCUT2D eigenvalue weighted by Crippen LogP contribution is 2.39. The maximum absolute atomic E-state index is 12.9. The van der Waals surface area contributed by atoms with Crippen molar-refractivity contribution in [2.45, 2.75) is 94.7 Å². The molecule has 0 bridgehead atoms. The van der Waals surface area contributed by atoms with E-state index in [2.05, 4.69) is 49.3 Å². The third-order valence-electron chi connectivity index (χ3n) is 10.3. The molecule has 5 aliphatic rings. The van der Waals surface area contributed by atoms with Crippen molar-refractivity contribution in [2.75, 3.05) is 36.4 Å². The van der Waals surface area contributed by atoms with Gasteiger partial charge < -0.3 is 25.8 Å². The average molecular weight is 558 g/mol. The van der Waals surface area contributed by atoms with E-state index in [-0.39, 0.29) is 23.7 Å². The largest absolute Gasteiger partial charge is 0.364 e. The maximum atomic E-state index is 12.9. The van der Waals surface area contributed by atoms with E-state index in [0.717, 1.165) is 62.7 Å². The van der Waals surface area contributed by atoms with Crippen LogP contribution in [0, 0.1) is 5.92 Å².